The van der Waals surface area contributed by atoms with Crippen LogP contribution in [-0.4, -0.2) is 68.1 Å². The van der Waals surface area contributed by atoms with E-state index in [1.54, 1.807) is 41.3 Å². The van der Waals surface area contributed by atoms with E-state index in [0.29, 0.717) is 49.8 Å². The van der Waals surface area contributed by atoms with E-state index in [2.05, 4.69) is 20.6 Å². The fourth-order valence-corrected chi connectivity index (χ4v) is 3.39. The summed E-state index contributed by atoms with van der Waals surface area (Å²) < 4.78 is 10.2. The Morgan fingerprint density at radius 2 is 2.00 bits per heavy atom. The van der Waals surface area contributed by atoms with E-state index in [4.69, 9.17) is 20.9 Å². The number of morpholine rings is 1. The molecule has 1 unspecified atom stereocenters. The van der Waals surface area contributed by atoms with Crippen LogP contribution in [0.5, 0.6) is 5.88 Å². The molecule has 1 aromatic carbocycles. The van der Waals surface area contributed by atoms with Crippen LogP contribution in [0.4, 0.5) is 11.4 Å². The number of aliphatic imine (C=N–C) groups is 1. The molecule has 0 saturated carbocycles. The molecule has 1 fully saturated rings. The highest BCUT2D eigenvalue weighted by Crippen LogP contribution is 2.20. The summed E-state index contributed by atoms with van der Waals surface area (Å²) in [5.41, 5.74) is 12.2. The van der Waals surface area contributed by atoms with Gasteiger partial charge in [-0.05, 0) is 43.2 Å². The number of carbonyl (C=O) groups excluding carboxylic acids is 3. The number of hydrogen-bond donors (Lipinski definition) is 4. The molecule has 1 aliphatic heterocycles. The first-order valence-corrected chi connectivity index (χ1v) is 11.0. The molecule has 35 heavy (non-hydrogen) atoms. The van der Waals surface area contributed by atoms with Crippen LogP contribution in [0.2, 0.25) is 0 Å². The molecular weight excluding hydrogens is 454 g/mol. The van der Waals surface area contributed by atoms with Gasteiger partial charge in [-0.15, -0.1) is 0 Å². The number of guanidine groups is 1. The highest BCUT2D eigenvalue weighted by Gasteiger charge is 2.23. The first-order valence-electron chi connectivity index (χ1n) is 11.0. The molecule has 2 aromatic rings. The monoisotopic (exact) mass is 483 g/mol. The summed E-state index contributed by atoms with van der Waals surface area (Å²) in [5, 5.41) is 5.54. The van der Waals surface area contributed by atoms with Gasteiger partial charge in [0.2, 0.25) is 11.8 Å². The number of carbonyl (C=O) groups is 3. The van der Waals surface area contributed by atoms with Crippen molar-refractivity contribution in [2.75, 3.05) is 43.6 Å². The standard InChI is InChI=1S/C23H29N7O5/c1-34-19-9-4-15(13-27-19)21(32)29-18(3-2-10-26-23(24)25)22(33)28-16-5-7-17(8-6-16)30-11-12-35-14-20(30)31/h4-9,13,18H,2-3,10-12,14H2,1H3,(H,28,33)(H,29,32)(H4,24,25,26). The van der Waals surface area contributed by atoms with Crippen molar-refractivity contribution in [3.63, 3.8) is 0 Å². The predicted molar refractivity (Wildman–Crippen MR) is 130 cm³/mol. The highest BCUT2D eigenvalue weighted by molar-refractivity contribution is 6.01. The number of methoxy groups -OCH3 is 1. The van der Waals surface area contributed by atoms with Gasteiger partial charge in [-0.25, -0.2) is 4.98 Å². The fraction of sp³-hybridized carbons (Fsp3) is 0.348. The van der Waals surface area contributed by atoms with E-state index in [9.17, 15) is 14.4 Å². The number of benzene rings is 1. The zero-order valence-electron chi connectivity index (χ0n) is 19.4. The van der Waals surface area contributed by atoms with Gasteiger partial charge in [0.05, 0.1) is 19.3 Å². The van der Waals surface area contributed by atoms with Crippen molar-refractivity contribution in [3.05, 3.63) is 48.2 Å². The topological polar surface area (TPSA) is 174 Å². The summed E-state index contributed by atoms with van der Waals surface area (Å²) in [7, 11) is 1.48. The zero-order valence-corrected chi connectivity index (χ0v) is 19.4. The van der Waals surface area contributed by atoms with Gasteiger partial charge in [-0.1, -0.05) is 0 Å². The summed E-state index contributed by atoms with van der Waals surface area (Å²) in [4.78, 5) is 47.3. The van der Waals surface area contributed by atoms with E-state index in [1.165, 1.54) is 13.3 Å². The van der Waals surface area contributed by atoms with Crippen LogP contribution in [0.3, 0.4) is 0 Å². The number of anilines is 2. The highest BCUT2D eigenvalue weighted by atomic mass is 16.5. The minimum absolute atomic E-state index is 0.0433. The summed E-state index contributed by atoms with van der Waals surface area (Å²) in [6.45, 7) is 1.29. The Morgan fingerprint density at radius 1 is 1.23 bits per heavy atom. The van der Waals surface area contributed by atoms with Crippen molar-refractivity contribution < 1.29 is 23.9 Å². The molecule has 3 rings (SSSR count). The van der Waals surface area contributed by atoms with Gasteiger partial charge in [-0.2, -0.15) is 0 Å². The van der Waals surface area contributed by atoms with Crippen molar-refractivity contribution in [1.29, 1.82) is 0 Å². The average Bonchev–Trinajstić information content (AvgIpc) is 2.86. The molecule has 6 N–H and O–H groups in total. The van der Waals surface area contributed by atoms with Crippen molar-refractivity contribution in [2.45, 2.75) is 18.9 Å². The smallest absolute Gasteiger partial charge is 0.253 e. The number of pyridine rings is 1. The largest absolute Gasteiger partial charge is 0.481 e. The Bertz CT molecular complexity index is 1050. The Morgan fingerprint density at radius 3 is 2.63 bits per heavy atom. The summed E-state index contributed by atoms with van der Waals surface area (Å²) >= 11 is 0. The minimum Gasteiger partial charge on any atom is -0.481 e. The van der Waals surface area contributed by atoms with E-state index >= 15 is 0 Å². The average molecular weight is 484 g/mol. The number of nitrogens with one attached hydrogen (secondary N) is 2. The van der Waals surface area contributed by atoms with Crippen LogP contribution in [-0.2, 0) is 14.3 Å². The molecule has 0 radical (unpaired) electrons. The summed E-state index contributed by atoms with van der Waals surface area (Å²) in [6.07, 6.45) is 2.14. The summed E-state index contributed by atoms with van der Waals surface area (Å²) in [5.74, 6) is -0.652. The minimum atomic E-state index is -0.848. The van der Waals surface area contributed by atoms with Gasteiger partial charge in [-0.3, -0.25) is 19.4 Å². The van der Waals surface area contributed by atoms with Crippen LogP contribution < -0.4 is 31.7 Å². The number of amides is 3. The normalized spacial score (nSPS) is 14.1. The maximum Gasteiger partial charge on any atom is 0.253 e. The second kappa shape index (κ2) is 12.3. The van der Waals surface area contributed by atoms with Crippen LogP contribution >= 0.6 is 0 Å². The van der Waals surface area contributed by atoms with E-state index in [1.807, 2.05) is 0 Å². The van der Waals surface area contributed by atoms with Gasteiger partial charge in [0.1, 0.15) is 12.6 Å². The van der Waals surface area contributed by atoms with Crippen LogP contribution in [0.15, 0.2) is 47.6 Å². The van der Waals surface area contributed by atoms with Gasteiger partial charge in [0.15, 0.2) is 5.96 Å². The molecular formula is C23H29N7O5. The number of aromatic nitrogens is 1. The van der Waals surface area contributed by atoms with Crippen molar-refractivity contribution in [2.24, 2.45) is 16.5 Å². The van der Waals surface area contributed by atoms with Crippen LogP contribution in [0.25, 0.3) is 0 Å². The van der Waals surface area contributed by atoms with Crippen molar-refractivity contribution in [1.82, 2.24) is 10.3 Å². The lowest BCUT2D eigenvalue weighted by Gasteiger charge is -2.27. The molecule has 0 spiro atoms. The molecule has 12 nitrogen and oxygen atoms in total. The van der Waals surface area contributed by atoms with E-state index in [-0.39, 0.29) is 24.0 Å². The number of nitrogens with zero attached hydrogens (tertiary/aromatic N) is 3. The predicted octanol–water partition coefficient (Wildman–Crippen LogP) is 0.244. The molecule has 1 aromatic heterocycles. The molecule has 3 amide bonds. The zero-order chi connectivity index (χ0) is 25.2. The van der Waals surface area contributed by atoms with Crippen molar-refractivity contribution in [3.8, 4) is 5.88 Å². The lowest BCUT2D eigenvalue weighted by atomic mass is 10.1. The first-order chi connectivity index (χ1) is 16.9. The maximum atomic E-state index is 13.0. The van der Waals surface area contributed by atoms with Crippen LogP contribution in [0, 0.1) is 0 Å². The lowest BCUT2D eigenvalue weighted by molar-refractivity contribution is -0.125. The number of nitrogens with two attached hydrogens (primary N) is 2. The number of hydrogen-bond acceptors (Lipinski definition) is 7. The second-order valence-electron chi connectivity index (χ2n) is 7.70. The van der Waals surface area contributed by atoms with Crippen molar-refractivity contribution >= 4 is 35.1 Å². The van der Waals surface area contributed by atoms with E-state index in [0.717, 1.165) is 0 Å². The lowest BCUT2D eigenvalue weighted by Crippen LogP contribution is -2.44. The molecule has 12 heteroatoms. The Balaban J connectivity index is 1.67. The molecule has 0 bridgehead atoms. The SMILES string of the molecule is COc1ccc(C(=O)NC(CCCN=C(N)N)C(=O)Nc2ccc(N3CCOCC3=O)cc2)cn1. The maximum absolute atomic E-state index is 13.0. The fourth-order valence-electron chi connectivity index (χ4n) is 3.39. The third kappa shape index (κ3) is 7.40. The Labute approximate surface area is 202 Å². The number of rotatable bonds is 10. The Kier molecular flexibility index (Phi) is 8.95. The molecule has 2 heterocycles. The van der Waals surface area contributed by atoms with E-state index < -0.39 is 17.9 Å². The first kappa shape index (κ1) is 25.4. The van der Waals surface area contributed by atoms with Crippen LogP contribution in [0.1, 0.15) is 23.2 Å². The number of ether oxygens (including phenoxy) is 2. The van der Waals surface area contributed by atoms with Gasteiger partial charge in [0, 0.05) is 36.7 Å². The third-order valence-electron chi connectivity index (χ3n) is 5.21. The second-order valence-corrected chi connectivity index (χ2v) is 7.70. The molecule has 1 saturated heterocycles. The summed E-state index contributed by atoms with van der Waals surface area (Å²) in [6, 6.07) is 9.15. The van der Waals surface area contributed by atoms with Gasteiger partial charge < -0.3 is 36.5 Å². The molecule has 1 aliphatic rings. The Hall–Kier alpha value is -4.19. The quantitative estimate of drug-likeness (QED) is 0.211. The molecule has 186 valence electrons. The van der Waals surface area contributed by atoms with Gasteiger partial charge in [0.25, 0.3) is 11.8 Å². The van der Waals surface area contributed by atoms with Gasteiger partial charge >= 0.3 is 0 Å². The molecule has 0 aliphatic carbocycles. The molecule has 1 atom stereocenters. The third-order valence-corrected chi connectivity index (χ3v) is 5.21.